The van der Waals surface area contributed by atoms with Crippen molar-refractivity contribution in [1.82, 2.24) is 14.8 Å². The molecule has 2 heterocycles. The molecule has 0 spiro atoms. The number of piperazine rings is 1. The maximum Gasteiger partial charge on any atom is 0.271 e. The highest BCUT2D eigenvalue weighted by Gasteiger charge is 2.32. The maximum absolute atomic E-state index is 12.4. The lowest BCUT2D eigenvalue weighted by Crippen LogP contribution is -2.53. The molecule has 3 rings (SSSR count). The minimum atomic E-state index is -0.437. The molecule has 100 valence electrons. The predicted molar refractivity (Wildman–Crippen MR) is 69.5 cm³/mol. The van der Waals surface area contributed by atoms with E-state index in [1.807, 2.05) is 10.8 Å². The highest BCUT2D eigenvalue weighted by Crippen LogP contribution is 2.37. The van der Waals surface area contributed by atoms with Crippen LogP contribution in [0.4, 0.5) is 0 Å². The second-order valence-corrected chi connectivity index (χ2v) is 5.73. The summed E-state index contributed by atoms with van der Waals surface area (Å²) in [5.41, 5.74) is 0.525. The fourth-order valence-corrected chi connectivity index (χ4v) is 2.65. The number of carbonyl (C=O) groups excluding carboxylic acids is 3. The van der Waals surface area contributed by atoms with Gasteiger partial charge in [-0.3, -0.25) is 19.7 Å². The van der Waals surface area contributed by atoms with Gasteiger partial charge >= 0.3 is 0 Å². The summed E-state index contributed by atoms with van der Waals surface area (Å²) in [7, 11) is 0. The van der Waals surface area contributed by atoms with Crippen molar-refractivity contribution in [2.75, 3.05) is 13.1 Å². The van der Waals surface area contributed by atoms with Gasteiger partial charge in [0.05, 0.1) is 0 Å². The van der Waals surface area contributed by atoms with E-state index in [1.165, 1.54) is 4.90 Å². The van der Waals surface area contributed by atoms with E-state index in [-0.39, 0.29) is 19.0 Å². The van der Waals surface area contributed by atoms with Crippen molar-refractivity contribution in [2.24, 2.45) is 0 Å². The Kier molecular flexibility index (Phi) is 2.93. The molecule has 0 atom stereocenters. The topological polar surface area (TPSA) is 71.4 Å². The number of rotatable bonds is 2. The summed E-state index contributed by atoms with van der Waals surface area (Å²) in [5.74, 6) is -1.15. The van der Waals surface area contributed by atoms with Crippen molar-refractivity contribution < 1.29 is 14.4 Å². The van der Waals surface area contributed by atoms with Gasteiger partial charge in [-0.05, 0) is 34.8 Å². The molecule has 2 fully saturated rings. The summed E-state index contributed by atoms with van der Waals surface area (Å²) in [4.78, 5) is 36.3. The molecule has 2 aliphatic rings. The van der Waals surface area contributed by atoms with E-state index in [1.54, 1.807) is 6.07 Å². The van der Waals surface area contributed by atoms with Gasteiger partial charge in [0, 0.05) is 16.7 Å². The van der Waals surface area contributed by atoms with Crippen LogP contribution >= 0.6 is 15.9 Å². The van der Waals surface area contributed by atoms with Crippen LogP contribution in [0.2, 0.25) is 0 Å². The second kappa shape index (κ2) is 4.48. The van der Waals surface area contributed by atoms with Gasteiger partial charge in [0.25, 0.3) is 5.91 Å². The summed E-state index contributed by atoms with van der Waals surface area (Å²) in [5, 5.41) is 2.18. The highest BCUT2D eigenvalue weighted by molar-refractivity contribution is 9.10. The molecule has 1 aromatic heterocycles. The zero-order valence-electron chi connectivity index (χ0n) is 10.1. The highest BCUT2D eigenvalue weighted by atomic mass is 79.9. The molecule has 0 bridgehead atoms. The molecule has 0 aromatic carbocycles. The van der Waals surface area contributed by atoms with E-state index in [4.69, 9.17) is 0 Å². The molecule has 1 N–H and O–H groups in total. The molecule has 1 aliphatic carbocycles. The van der Waals surface area contributed by atoms with Crippen LogP contribution in [0.25, 0.3) is 0 Å². The number of nitrogens with zero attached hydrogens (tertiary/aromatic N) is 2. The van der Waals surface area contributed by atoms with E-state index in [9.17, 15) is 14.4 Å². The molecule has 3 amide bonds. The van der Waals surface area contributed by atoms with Gasteiger partial charge in [-0.15, -0.1) is 0 Å². The van der Waals surface area contributed by atoms with Crippen LogP contribution in [-0.2, 0) is 9.59 Å². The number of carbonyl (C=O) groups is 3. The van der Waals surface area contributed by atoms with Gasteiger partial charge in [0.1, 0.15) is 18.8 Å². The number of hydrogen-bond donors (Lipinski definition) is 1. The third-order valence-electron chi connectivity index (χ3n) is 3.21. The van der Waals surface area contributed by atoms with Crippen molar-refractivity contribution in [2.45, 2.75) is 18.9 Å². The zero-order valence-corrected chi connectivity index (χ0v) is 11.6. The van der Waals surface area contributed by atoms with Crippen LogP contribution in [0.1, 0.15) is 29.4 Å². The molecule has 0 unspecified atom stereocenters. The number of halogens is 1. The standard InChI is InChI=1S/C12H12BrN3O3/c13-7-3-9(16(4-7)8-1-2-8)12(19)15-5-10(17)14-11(18)6-15/h3-4,8H,1-2,5-6H2,(H,14,17,18). The molecule has 7 heteroatoms. The Bertz CT molecular complexity index is 561. The Morgan fingerprint density at radius 3 is 2.47 bits per heavy atom. The molecule has 1 saturated carbocycles. The van der Waals surface area contributed by atoms with Gasteiger partial charge in [-0.1, -0.05) is 0 Å². The monoisotopic (exact) mass is 325 g/mol. The zero-order chi connectivity index (χ0) is 13.6. The first-order valence-corrected chi connectivity index (χ1v) is 6.83. The summed E-state index contributed by atoms with van der Waals surface area (Å²) in [6.45, 7) is -0.143. The van der Waals surface area contributed by atoms with Crippen LogP contribution < -0.4 is 5.32 Å². The molecule has 1 aliphatic heterocycles. The Morgan fingerprint density at radius 1 is 1.26 bits per heavy atom. The van der Waals surface area contributed by atoms with Crippen molar-refractivity contribution in [3.63, 3.8) is 0 Å². The van der Waals surface area contributed by atoms with Crippen molar-refractivity contribution in [3.05, 3.63) is 22.4 Å². The number of hydrogen-bond acceptors (Lipinski definition) is 3. The Hall–Kier alpha value is -1.63. The SMILES string of the molecule is O=C1CN(C(=O)c2cc(Br)cn2C2CC2)CC(=O)N1. The number of amides is 3. The number of imide groups is 1. The van der Waals surface area contributed by atoms with E-state index in [0.717, 1.165) is 17.3 Å². The summed E-state index contributed by atoms with van der Waals surface area (Å²) >= 11 is 3.36. The van der Waals surface area contributed by atoms with Gasteiger partial charge in [-0.2, -0.15) is 0 Å². The van der Waals surface area contributed by atoms with Gasteiger partial charge in [0.2, 0.25) is 11.8 Å². The molecule has 19 heavy (non-hydrogen) atoms. The Balaban J connectivity index is 1.87. The molecular formula is C12H12BrN3O3. The Morgan fingerprint density at radius 2 is 1.89 bits per heavy atom. The lowest BCUT2D eigenvalue weighted by atomic mass is 10.3. The second-order valence-electron chi connectivity index (χ2n) is 4.81. The minimum Gasteiger partial charge on any atom is -0.339 e. The van der Waals surface area contributed by atoms with Crippen molar-refractivity contribution >= 4 is 33.7 Å². The molecule has 0 radical (unpaired) electrons. The van der Waals surface area contributed by atoms with E-state index in [2.05, 4.69) is 21.2 Å². The first-order valence-electron chi connectivity index (χ1n) is 6.04. The summed E-state index contributed by atoms with van der Waals surface area (Å²) in [6.07, 6.45) is 3.98. The van der Waals surface area contributed by atoms with E-state index >= 15 is 0 Å². The lowest BCUT2D eigenvalue weighted by Gasteiger charge is -2.25. The lowest BCUT2D eigenvalue weighted by molar-refractivity contribution is -0.135. The first kappa shape index (κ1) is 12.4. The van der Waals surface area contributed by atoms with Crippen LogP contribution in [0, 0.1) is 0 Å². The molecular weight excluding hydrogens is 314 g/mol. The Labute approximate surface area is 117 Å². The number of nitrogens with one attached hydrogen (secondary N) is 1. The van der Waals surface area contributed by atoms with Crippen molar-refractivity contribution in [3.8, 4) is 0 Å². The van der Waals surface area contributed by atoms with Crippen LogP contribution in [0.15, 0.2) is 16.7 Å². The predicted octanol–water partition coefficient (Wildman–Crippen LogP) is 0.684. The maximum atomic E-state index is 12.4. The minimum absolute atomic E-state index is 0.0714. The average molecular weight is 326 g/mol. The third-order valence-corrected chi connectivity index (χ3v) is 3.64. The van der Waals surface area contributed by atoms with Crippen LogP contribution in [0.3, 0.4) is 0 Å². The molecule has 6 nitrogen and oxygen atoms in total. The fourth-order valence-electron chi connectivity index (χ4n) is 2.21. The van der Waals surface area contributed by atoms with Crippen LogP contribution in [0.5, 0.6) is 0 Å². The van der Waals surface area contributed by atoms with Gasteiger partial charge < -0.3 is 9.47 Å². The van der Waals surface area contributed by atoms with Gasteiger partial charge in [0.15, 0.2) is 0 Å². The summed E-state index contributed by atoms with van der Waals surface area (Å²) in [6, 6.07) is 2.09. The third kappa shape index (κ3) is 2.42. The normalized spacial score (nSPS) is 19.5. The van der Waals surface area contributed by atoms with Crippen molar-refractivity contribution in [1.29, 1.82) is 0 Å². The molecule has 1 saturated heterocycles. The largest absolute Gasteiger partial charge is 0.339 e. The molecule has 1 aromatic rings. The van der Waals surface area contributed by atoms with Crippen LogP contribution in [-0.4, -0.2) is 40.3 Å². The number of aromatic nitrogens is 1. The quantitative estimate of drug-likeness (QED) is 0.813. The summed E-state index contributed by atoms with van der Waals surface area (Å²) < 4.78 is 2.75. The van der Waals surface area contributed by atoms with E-state index in [0.29, 0.717) is 11.7 Å². The average Bonchev–Trinajstić information content (AvgIpc) is 3.10. The van der Waals surface area contributed by atoms with Gasteiger partial charge in [-0.25, -0.2) is 0 Å². The first-order chi connectivity index (χ1) is 9.04. The smallest absolute Gasteiger partial charge is 0.271 e. The fraction of sp³-hybridized carbons (Fsp3) is 0.417. The van der Waals surface area contributed by atoms with E-state index < -0.39 is 11.8 Å².